The van der Waals surface area contributed by atoms with E-state index in [1.54, 1.807) is 11.3 Å². The lowest BCUT2D eigenvalue weighted by atomic mass is 10.4. The van der Waals surface area contributed by atoms with Gasteiger partial charge in [-0.15, -0.1) is 16.4 Å². The van der Waals surface area contributed by atoms with Crippen molar-refractivity contribution in [2.45, 2.75) is 32.2 Å². The molecule has 84 valence electrons. The number of aryl methyl sites for hydroxylation is 1. The summed E-state index contributed by atoms with van der Waals surface area (Å²) in [6.45, 7) is 2.86. The third-order valence-corrected chi connectivity index (χ3v) is 3.58. The van der Waals surface area contributed by atoms with E-state index in [0.29, 0.717) is 11.9 Å². The van der Waals surface area contributed by atoms with Crippen LogP contribution in [0.15, 0.2) is 16.5 Å². The molecule has 1 fully saturated rings. The fourth-order valence-corrected chi connectivity index (χ4v) is 2.37. The topological polar surface area (TPSA) is 51.0 Å². The van der Waals surface area contributed by atoms with Crippen LogP contribution in [-0.2, 0) is 6.54 Å². The first-order valence-corrected chi connectivity index (χ1v) is 6.25. The minimum absolute atomic E-state index is 0.520. The summed E-state index contributed by atoms with van der Waals surface area (Å²) < 4.78 is 5.51. The molecule has 0 unspecified atom stereocenters. The molecule has 0 atom stereocenters. The maximum atomic E-state index is 5.51. The normalized spacial score (nSPS) is 15.3. The molecule has 2 aromatic heterocycles. The Labute approximate surface area is 97.7 Å². The van der Waals surface area contributed by atoms with Gasteiger partial charge in [0.05, 0.1) is 6.54 Å². The summed E-state index contributed by atoms with van der Waals surface area (Å²) in [5.74, 6) is 1.30. The van der Waals surface area contributed by atoms with Crippen molar-refractivity contribution < 1.29 is 4.42 Å². The predicted molar refractivity (Wildman–Crippen MR) is 62.7 cm³/mol. The minimum atomic E-state index is 0.520. The number of rotatable bonds is 4. The second-order valence-electron chi connectivity index (χ2n) is 4.09. The van der Waals surface area contributed by atoms with Gasteiger partial charge in [-0.1, -0.05) is 5.10 Å². The predicted octanol–water partition coefficient (Wildman–Crippen LogP) is 2.93. The van der Waals surface area contributed by atoms with Crippen LogP contribution in [0.25, 0.3) is 0 Å². The zero-order valence-corrected chi connectivity index (χ0v) is 9.88. The quantitative estimate of drug-likeness (QED) is 0.885. The molecule has 2 aromatic rings. The third-order valence-electron chi connectivity index (χ3n) is 2.58. The molecule has 0 aromatic carbocycles. The van der Waals surface area contributed by atoms with Gasteiger partial charge in [-0.05, 0) is 31.9 Å². The highest BCUT2D eigenvalue weighted by atomic mass is 32.1. The van der Waals surface area contributed by atoms with Gasteiger partial charge in [-0.25, -0.2) is 0 Å². The molecule has 0 saturated heterocycles. The van der Waals surface area contributed by atoms with E-state index in [0.717, 1.165) is 12.4 Å². The Morgan fingerprint density at radius 2 is 2.31 bits per heavy atom. The lowest BCUT2D eigenvalue weighted by molar-refractivity contribution is 0.507. The second kappa shape index (κ2) is 3.90. The average molecular weight is 235 g/mol. The molecule has 4 nitrogen and oxygen atoms in total. The van der Waals surface area contributed by atoms with Gasteiger partial charge in [0.25, 0.3) is 0 Å². The molecule has 1 saturated carbocycles. The minimum Gasteiger partial charge on any atom is -0.408 e. The first-order valence-electron chi connectivity index (χ1n) is 5.44. The second-order valence-corrected chi connectivity index (χ2v) is 5.46. The lowest BCUT2D eigenvalue weighted by Gasteiger charge is -1.96. The van der Waals surface area contributed by atoms with E-state index in [9.17, 15) is 0 Å². The molecule has 1 aliphatic rings. The summed E-state index contributed by atoms with van der Waals surface area (Å²) in [6, 6.07) is 4.77. The Bertz CT molecular complexity index is 487. The van der Waals surface area contributed by atoms with Crippen molar-refractivity contribution in [3.63, 3.8) is 0 Å². The highest BCUT2D eigenvalue weighted by molar-refractivity contribution is 7.11. The van der Waals surface area contributed by atoms with E-state index in [4.69, 9.17) is 4.42 Å². The smallest absolute Gasteiger partial charge is 0.315 e. The van der Waals surface area contributed by atoms with Crippen LogP contribution in [0.3, 0.4) is 0 Å². The summed E-state index contributed by atoms with van der Waals surface area (Å²) in [5, 5.41) is 11.1. The molecule has 5 heteroatoms. The standard InChI is InChI=1S/C11H13N3OS/c1-7-2-5-9(16-7)6-12-11-14-13-10(15-11)8-3-4-8/h2,5,8H,3-4,6H2,1H3,(H,12,14). The van der Waals surface area contributed by atoms with Crippen LogP contribution in [0.4, 0.5) is 6.01 Å². The Hall–Kier alpha value is -1.36. The summed E-state index contributed by atoms with van der Waals surface area (Å²) in [6.07, 6.45) is 2.37. The maximum absolute atomic E-state index is 5.51. The van der Waals surface area contributed by atoms with Crippen LogP contribution in [-0.4, -0.2) is 10.2 Å². The van der Waals surface area contributed by atoms with Crippen molar-refractivity contribution in [2.24, 2.45) is 0 Å². The van der Waals surface area contributed by atoms with E-state index < -0.39 is 0 Å². The van der Waals surface area contributed by atoms with Crippen molar-refractivity contribution in [1.82, 2.24) is 10.2 Å². The van der Waals surface area contributed by atoms with Gasteiger partial charge >= 0.3 is 6.01 Å². The molecule has 1 aliphatic carbocycles. The van der Waals surface area contributed by atoms with E-state index in [1.807, 2.05) is 0 Å². The third kappa shape index (κ3) is 2.09. The van der Waals surface area contributed by atoms with Crippen LogP contribution in [0.5, 0.6) is 0 Å². The van der Waals surface area contributed by atoms with Gasteiger partial charge < -0.3 is 9.73 Å². The molecule has 0 bridgehead atoms. The highest BCUT2D eigenvalue weighted by Crippen LogP contribution is 2.39. The van der Waals surface area contributed by atoms with Gasteiger partial charge in [-0.2, -0.15) is 0 Å². The number of nitrogens with zero attached hydrogens (tertiary/aromatic N) is 2. The van der Waals surface area contributed by atoms with E-state index in [2.05, 4.69) is 34.6 Å². The fraction of sp³-hybridized carbons (Fsp3) is 0.455. The molecule has 0 spiro atoms. The fourth-order valence-electron chi connectivity index (χ4n) is 1.54. The van der Waals surface area contributed by atoms with Gasteiger partial charge in [0, 0.05) is 15.7 Å². The highest BCUT2D eigenvalue weighted by Gasteiger charge is 2.29. The van der Waals surface area contributed by atoms with E-state index in [1.165, 1.54) is 22.6 Å². The molecule has 1 N–H and O–H groups in total. The number of nitrogens with one attached hydrogen (secondary N) is 1. The van der Waals surface area contributed by atoms with Gasteiger partial charge in [0.15, 0.2) is 0 Å². The zero-order valence-electron chi connectivity index (χ0n) is 9.06. The Balaban J connectivity index is 1.61. The Morgan fingerprint density at radius 1 is 1.44 bits per heavy atom. The SMILES string of the molecule is Cc1ccc(CNc2nnc(C3CC3)o2)s1. The molecule has 0 radical (unpaired) electrons. The first-order chi connectivity index (χ1) is 7.81. The average Bonchev–Trinajstić information content (AvgIpc) is 2.87. The number of aromatic nitrogens is 2. The van der Waals surface area contributed by atoms with Crippen molar-refractivity contribution >= 4 is 17.4 Å². The monoisotopic (exact) mass is 235 g/mol. The number of thiophene rings is 1. The summed E-state index contributed by atoms with van der Waals surface area (Å²) in [4.78, 5) is 2.60. The largest absolute Gasteiger partial charge is 0.408 e. The van der Waals surface area contributed by atoms with Crippen LogP contribution in [0.1, 0.15) is 34.4 Å². The van der Waals surface area contributed by atoms with Crippen LogP contribution in [0.2, 0.25) is 0 Å². The Morgan fingerprint density at radius 3 is 3.00 bits per heavy atom. The molecular formula is C11H13N3OS. The molecule has 0 amide bonds. The molecular weight excluding hydrogens is 222 g/mol. The number of hydrogen-bond acceptors (Lipinski definition) is 5. The Kier molecular flexibility index (Phi) is 2.40. The van der Waals surface area contributed by atoms with Crippen molar-refractivity contribution in [1.29, 1.82) is 0 Å². The zero-order chi connectivity index (χ0) is 11.0. The van der Waals surface area contributed by atoms with Crippen molar-refractivity contribution in [3.8, 4) is 0 Å². The lowest BCUT2D eigenvalue weighted by Crippen LogP contribution is -1.97. The number of hydrogen-bond donors (Lipinski definition) is 1. The molecule has 0 aliphatic heterocycles. The van der Waals surface area contributed by atoms with Crippen LogP contribution >= 0.6 is 11.3 Å². The van der Waals surface area contributed by atoms with Crippen LogP contribution < -0.4 is 5.32 Å². The van der Waals surface area contributed by atoms with Crippen molar-refractivity contribution in [3.05, 3.63) is 27.8 Å². The van der Waals surface area contributed by atoms with Gasteiger partial charge in [0.2, 0.25) is 5.89 Å². The summed E-state index contributed by atoms with van der Waals surface area (Å²) in [5.41, 5.74) is 0. The van der Waals surface area contributed by atoms with Crippen LogP contribution in [0, 0.1) is 6.92 Å². The number of anilines is 1. The van der Waals surface area contributed by atoms with E-state index in [-0.39, 0.29) is 0 Å². The van der Waals surface area contributed by atoms with E-state index >= 15 is 0 Å². The first kappa shape index (κ1) is 9.84. The molecule has 3 rings (SSSR count). The summed E-state index contributed by atoms with van der Waals surface area (Å²) >= 11 is 1.78. The maximum Gasteiger partial charge on any atom is 0.315 e. The summed E-state index contributed by atoms with van der Waals surface area (Å²) in [7, 11) is 0. The molecule has 2 heterocycles. The van der Waals surface area contributed by atoms with Crippen molar-refractivity contribution in [2.75, 3.05) is 5.32 Å². The van der Waals surface area contributed by atoms with Gasteiger partial charge in [0.1, 0.15) is 0 Å². The molecule has 16 heavy (non-hydrogen) atoms. The van der Waals surface area contributed by atoms with Gasteiger partial charge in [-0.3, -0.25) is 0 Å².